The number of nitrogens with one attached hydrogen (secondary N) is 2. The number of rotatable bonds is 6. The third-order valence-electron chi connectivity index (χ3n) is 6.50. The van der Waals surface area contributed by atoms with Crippen LogP contribution in [0.4, 0.5) is 16.4 Å². The number of ether oxygens (including phenoxy) is 1. The lowest BCUT2D eigenvalue weighted by atomic mass is 9.92. The maximum absolute atomic E-state index is 13.0. The molecule has 180 valence electrons. The van der Waals surface area contributed by atoms with Gasteiger partial charge in [-0.2, -0.15) is 4.98 Å². The van der Waals surface area contributed by atoms with E-state index in [4.69, 9.17) is 9.72 Å². The quantitative estimate of drug-likeness (QED) is 0.428. The number of hydrogen-bond donors (Lipinski definition) is 2. The van der Waals surface area contributed by atoms with Gasteiger partial charge in [0.15, 0.2) is 0 Å². The van der Waals surface area contributed by atoms with Gasteiger partial charge in [0, 0.05) is 25.3 Å². The first-order chi connectivity index (χ1) is 17.1. The first kappa shape index (κ1) is 22.6. The zero-order valence-electron chi connectivity index (χ0n) is 19.9. The molecule has 2 amide bonds. The monoisotopic (exact) mass is 471 g/mol. The summed E-state index contributed by atoms with van der Waals surface area (Å²) < 4.78 is 7.31. The minimum atomic E-state index is -0.114. The molecule has 4 aromatic rings. The second kappa shape index (κ2) is 10.0. The average Bonchev–Trinajstić information content (AvgIpc) is 3.33. The van der Waals surface area contributed by atoms with Crippen molar-refractivity contribution >= 4 is 28.7 Å². The van der Waals surface area contributed by atoms with Gasteiger partial charge in [-0.1, -0.05) is 24.3 Å². The summed E-state index contributed by atoms with van der Waals surface area (Å²) in [6.07, 6.45) is 5.50. The predicted octanol–water partition coefficient (Wildman–Crippen LogP) is 4.57. The highest BCUT2D eigenvalue weighted by molar-refractivity contribution is 5.91. The third kappa shape index (κ3) is 4.89. The number of imidazole rings is 1. The van der Waals surface area contributed by atoms with Gasteiger partial charge in [0.2, 0.25) is 5.95 Å². The van der Waals surface area contributed by atoms with Crippen molar-refractivity contribution in [1.29, 1.82) is 0 Å². The van der Waals surface area contributed by atoms with Crippen LogP contribution in [0.3, 0.4) is 0 Å². The topological polar surface area (TPSA) is 97.2 Å². The molecule has 35 heavy (non-hydrogen) atoms. The smallest absolute Gasteiger partial charge is 0.321 e. The van der Waals surface area contributed by atoms with Gasteiger partial charge >= 0.3 is 6.03 Å². The maximum Gasteiger partial charge on any atom is 0.321 e. The standard InChI is InChI=1S/C26H29N7O2/c1-18(19-8-7-15-32(16-19)26(34)30-21-10-4-6-12-23(21)35-2)29-25-27-14-13-24(31-25)33-17-28-20-9-3-5-11-22(20)33/h3-6,9-14,17-19H,7-8,15-16H2,1-2H3,(H,30,34)(H,27,29,31). The van der Waals surface area contributed by atoms with E-state index in [1.54, 1.807) is 19.6 Å². The summed E-state index contributed by atoms with van der Waals surface area (Å²) in [6, 6.07) is 17.2. The number of nitrogens with zero attached hydrogens (tertiary/aromatic N) is 5. The fourth-order valence-electron chi connectivity index (χ4n) is 4.56. The normalized spacial score (nSPS) is 16.6. The number of carbonyl (C=O) groups excluding carboxylic acids is 1. The van der Waals surface area contributed by atoms with Crippen molar-refractivity contribution in [2.45, 2.75) is 25.8 Å². The van der Waals surface area contributed by atoms with Crippen LogP contribution in [0.2, 0.25) is 0 Å². The number of piperidine rings is 1. The van der Waals surface area contributed by atoms with E-state index in [1.165, 1.54) is 0 Å². The van der Waals surface area contributed by atoms with Crippen LogP contribution in [0.25, 0.3) is 16.9 Å². The van der Waals surface area contributed by atoms with E-state index >= 15 is 0 Å². The van der Waals surface area contributed by atoms with E-state index in [1.807, 2.05) is 64.1 Å². The molecule has 0 bridgehead atoms. The number of aromatic nitrogens is 4. The number of anilines is 2. The Kier molecular flexibility index (Phi) is 6.47. The largest absolute Gasteiger partial charge is 0.495 e. The molecular formula is C26H29N7O2. The minimum Gasteiger partial charge on any atom is -0.495 e. The van der Waals surface area contributed by atoms with E-state index in [9.17, 15) is 4.79 Å². The third-order valence-corrected chi connectivity index (χ3v) is 6.50. The molecule has 9 heteroatoms. The Labute approximate surface area is 204 Å². The van der Waals surface area contributed by atoms with Gasteiger partial charge in [-0.25, -0.2) is 14.8 Å². The molecule has 2 N–H and O–H groups in total. The number of likely N-dealkylation sites (tertiary alicyclic amines) is 1. The Morgan fingerprint density at radius 2 is 1.94 bits per heavy atom. The molecular weight excluding hydrogens is 442 g/mol. The summed E-state index contributed by atoms with van der Waals surface area (Å²) in [7, 11) is 1.60. The zero-order valence-corrected chi connectivity index (χ0v) is 19.9. The molecule has 9 nitrogen and oxygen atoms in total. The summed E-state index contributed by atoms with van der Waals surface area (Å²) in [5, 5.41) is 6.44. The molecule has 2 aromatic heterocycles. The van der Waals surface area contributed by atoms with Crippen LogP contribution < -0.4 is 15.4 Å². The van der Waals surface area contributed by atoms with Crippen LogP contribution in [-0.4, -0.2) is 56.7 Å². The Hall–Kier alpha value is -4.14. The highest BCUT2D eigenvalue weighted by Gasteiger charge is 2.28. The van der Waals surface area contributed by atoms with Gasteiger partial charge in [0.1, 0.15) is 17.9 Å². The van der Waals surface area contributed by atoms with Crippen molar-refractivity contribution in [1.82, 2.24) is 24.4 Å². The Morgan fingerprint density at radius 1 is 1.11 bits per heavy atom. The summed E-state index contributed by atoms with van der Waals surface area (Å²) in [6.45, 7) is 3.50. The molecule has 0 aliphatic carbocycles. The van der Waals surface area contributed by atoms with Gasteiger partial charge < -0.3 is 20.3 Å². The highest BCUT2D eigenvalue weighted by Crippen LogP contribution is 2.26. The van der Waals surface area contributed by atoms with Crippen molar-refractivity contribution in [2.24, 2.45) is 5.92 Å². The molecule has 1 aliphatic heterocycles. The van der Waals surface area contributed by atoms with Crippen LogP contribution in [0.5, 0.6) is 5.75 Å². The van der Waals surface area contributed by atoms with Crippen LogP contribution >= 0.6 is 0 Å². The average molecular weight is 472 g/mol. The zero-order chi connectivity index (χ0) is 24.2. The van der Waals surface area contributed by atoms with Crippen LogP contribution in [0.15, 0.2) is 67.1 Å². The van der Waals surface area contributed by atoms with Crippen molar-refractivity contribution in [3.8, 4) is 11.6 Å². The van der Waals surface area contributed by atoms with Crippen molar-refractivity contribution < 1.29 is 9.53 Å². The van der Waals surface area contributed by atoms with Gasteiger partial charge in [-0.3, -0.25) is 4.57 Å². The van der Waals surface area contributed by atoms with E-state index in [0.717, 1.165) is 36.2 Å². The molecule has 1 fully saturated rings. The van der Waals surface area contributed by atoms with E-state index in [2.05, 4.69) is 27.5 Å². The number of hydrogen-bond acceptors (Lipinski definition) is 6. The Morgan fingerprint density at radius 3 is 2.83 bits per heavy atom. The van der Waals surface area contributed by atoms with E-state index in [-0.39, 0.29) is 18.0 Å². The summed E-state index contributed by atoms with van der Waals surface area (Å²) in [5.41, 5.74) is 2.59. The van der Waals surface area contributed by atoms with Crippen molar-refractivity contribution in [3.63, 3.8) is 0 Å². The second-order valence-electron chi connectivity index (χ2n) is 8.75. The fourth-order valence-corrected chi connectivity index (χ4v) is 4.56. The van der Waals surface area contributed by atoms with Crippen LogP contribution in [-0.2, 0) is 0 Å². The lowest BCUT2D eigenvalue weighted by molar-refractivity contribution is 0.172. The molecule has 1 aliphatic rings. The molecule has 2 aromatic carbocycles. The second-order valence-corrected chi connectivity index (χ2v) is 8.75. The number of fused-ring (bicyclic) bond motifs is 1. The van der Waals surface area contributed by atoms with Crippen LogP contribution in [0.1, 0.15) is 19.8 Å². The molecule has 5 rings (SSSR count). The van der Waals surface area contributed by atoms with Gasteiger partial charge in [0.05, 0.1) is 23.8 Å². The predicted molar refractivity (Wildman–Crippen MR) is 136 cm³/mol. The van der Waals surface area contributed by atoms with E-state index in [0.29, 0.717) is 23.9 Å². The number of amides is 2. The molecule has 0 saturated carbocycles. The molecule has 2 atom stereocenters. The molecule has 1 saturated heterocycles. The Bertz CT molecular complexity index is 1320. The SMILES string of the molecule is COc1ccccc1NC(=O)N1CCCC(C(C)Nc2nccc(-n3cnc4ccccc43)n2)C1. The molecule has 0 radical (unpaired) electrons. The first-order valence-corrected chi connectivity index (χ1v) is 11.8. The summed E-state index contributed by atoms with van der Waals surface area (Å²) in [4.78, 5) is 28.4. The first-order valence-electron chi connectivity index (χ1n) is 11.8. The number of benzene rings is 2. The molecule has 2 unspecified atom stereocenters. The van der Waals surface area contributed by atoms with Gasteiger partial charge in [-0.15, -0.1) is 0 Å². The lowest BCUT2D eigenvalue weighted by Gasteiger charge is -2.36. The summed E-state index contributed by atoms with van der Waals surface area (Å²) >= 11 is 0. The van der Waals surface area contributed by atoms with Crippen molar-refractivity contribution in [2.75, 3.05) is 30.8 Å². The maximum atomic E-state index is 13.0. The van der Waals surface area contributed by atoms with Crippen LogP contribution in [0, 0.1) is 5.92 Å². The molecule has 3 heterocycles. The van der Waals surface area contributed by atoms with E-state index < -0.39 is 0 Å². The number of urea groups is 1. The lowest BCUT2D eigenvalue weighted by Crippen LogP contribution is -2.46. The highest BCUT2D eigenvalue weighted by atomic mass is 16.5. The minimum absolute atomic E-state index is 0.0895. The number of para-hydroxylation sites is 4. The summed E-state index contributed by atoms with van der Waals surface area (Å²) in [5.74, 6) is 2.23. The van der Waals surface area contributed by atoms with Gasteiger partial charge in [0.25, 0.3) is 0 Å². The number of methoxy groups -OCH3 is 1. The fraction of sp³-hybridized carbons (Fsp3) is 0.308. The number of carbonyl (C=O) groups is 1. The molecule has 0 spiro atoms. The Balaban J connectivity index is 1.25. The van der Waals surface area contributed by atoms with Crippen molar-refractivity contribution in [3.05, 3.63) is 67.1 Å². The van der Waals surface area contributed by atoms with Gasteiger partial charge in [-0.05, 0) is 56.0 Å².